The van der Waals surface area contributed by atoms with E-state index in [1.807, 2.05) is 31.2 Å². The van der Waals surface area contributed by atoms with Crippen LogP contribution in [0.15, 0.2) is 28.7 Å². The van der Waals surface area contributed by atoms with Crippen molar-refractivity contribution in [3.63, 3.8) is 0 Å². The van der Waals surface area contributed by atoms with Gasteiger partial charge < -0.3 is 11.1 Å². The van der Waals surface area contributed by atoms with Crippen LogP contribution in [-0.2, 0) is 4.79 Å². The molecule has 1 rings (SSSR count). The molecule has 0 saturated carbocycles. The third kappa shape index (κ3) is 4.01. The van der Waals surface area contributed by atoms with Gasteiger partial charge >= 0.3 is 0 Å². The lowest BCUT2D eigenvalue weighted by Crippen LogP contribution is -2.20. The number of nitrogens with two attached hydrogens (primary N) is 1. The molecule has 0 aliphatic carbocycles. The number of hydrogen-bond acceptors (Lipinski definition) is 2. The summed E-state index contributed by atoms with van der Waals surface area (Å²) in [6, 6.07) is 7.53. The molecule has 0 aromatic heterocycles. The van der Waals surface area contributed by atoms with Gasteiger partial charge in [0.15, 0.2) is 0 Å². The van der Waals surface area contributed by atoms with Crippen LogP contribution in [0.1, 0.15) is 13.3 Å². The Labute approximate surface area is 98.2 Å². The van der Waals surface area contributed by atoms with Crippen LogP contribution >= 0.6 is 15.9 Å². The number of carbonyl (C=O) groups excluding carboxylic acids is 1. The molecule has 15 heavy (non-hydrogen) atoms. The third-order valence-corrected chi connectivity index (χ3v) is 2.78. The smallest absolute Gasteiger partial charge is 0.224 e. The number of anilines is 1. The lowest BCUT2D eigenvalue weighted by atomic mass is 10.1. The lowest BCUT2D eigenvalue weighted by Gasteiger charge is -2.10. The number of nitrogens with one attached hydrogen (secondary N) is 1. The molecule has 0 bridgehead atoms. The van der Waals surface area contributed by atoms with E-state index >= 15 is 0 Å². The Hall–Kier alpha value is -0.870. The molecule has 3 nitrogen and oxygen atoms in total. The summed E-state index contributed by atoms with van der Waals surface area (Å²) in [6.45, 7) is 2.49. The lowest BCUT2D eigenvalue weighted by molar-refractivity contribution is -0.116. The minimum Gasteiger partial charge on any atom is -0.330 e. The molecule has 3 N–H and O–H groups in total. The molecule has 1 aromatic rings. The van der Waals surface area contributed by atoms with E-state index < -0.39 is 0 Å². The van der Waals surface area contributed by atoms with Crippen LogP contribution in [0.4, 0.5) is 5.69 Å². The Morgan fingerprint density at radius 1 is 1.53 bits per heavy atom. The second-order valence-electron chi connectivity index (χ2n) is 3.57. The van der Waals surface area contributed by atoms with Gasteiger partial charge in [-0.1, -0.05) is 19.1 Å². The quantitative estimate of drug-likeness (QED) is 0.883. The number of halogens is 1. The molecule has 4 heteroatoms. The summed E-state index contributed by atoms with van der Waals surface area (Å²) in [6.07, 6.45) is 0.456. The van der Waals surface area contributed by atoms with Gasteiger partial charge in [-0.15, -0.1) is 0 Å². The van der Waals surface area contributed by atoms with Gasteiger partial charge in [-0.2, -0.15) is 0 Å². The minimum absolute atomic E-state index is 0.000139. The highest BCUT2D eigenvalue weighted by molar-refractivity contribution is 9.10. The SMILES string of the molecule is CC(CN)CC(=O)Nc1ccccc1Br. The van der Waals surface area contributed by atoms with Gasteiger partial charge in [0.2, 0.25) is 5.91 Å². The van der Waals surface area contributed by atoms with Gasteiger partial charge in [-0.3, -0.25) is 4.79 Å². The summed E-state index contributed by atoms with van der Waals surface area (Å²) in [7, 11) is 0. The zero-order chi connectivity index (χ0) is 11.3. The Morgan fingerprint density at radius 3 is 2.80 bits per heavy atom. The van der Waals surface area contributed by atoms with Crippen molar-refractivity contribution < 1.29 is 4.79 Å². The second-order valence-corrected chi connectivity index (χ2v) is 4.43. The molecule has 1 amide bonds. The fourth-order valence-electron chi connectivity index (χ4n) is 1.16. The van der Waals surface area contributed by atoms with Gasteiger partial charge in [0.1, 0.15) is 0 Å². The van der Waals surface area contributed by atoms with Crippen LogP contribution in [0.5, 0.6) is 0 Å². The summed E-state index contributed by atoms with van der Waals surface area (Å²) in [5.74, 6) is 0.215. The number of rotatable bonds is 4. The van der Waals surface area contributed by atoms with E-state index in [0.29, 0.717) is 13.0 Å². The predicted octanol–water partition coefficient (Wildman–Crippen LogP) is 2.37. The Morgan fingerprint density at radius 2 is 2.20 bits per heavy atom. The summed E-state index contributed by atoms with van der Waals surface area (Å²) < 4.78 is 0.888. The first kappa shape index (κ1) is 12.2. The molecule has 1 atom stereocenters. The largest absolute Gasteiger partial charge is 0.330 e. The van der Waals surface area contributed by atoms with Crippen molar-refractivity contribution in [1.29, 1.82) is 0 Å². The summed E-state index contributed by atoms with van der Waals surface area (Å²) in [4.78, 5) is 11.5. The Kier molecular flexibility index (Phi) is 4.78. The molecule has 0 radical (unpaired) electrons. The number of amides is 1. The summed E-state index contributed by atoms with van der Waals surface area (Å²) in [5, 5.41) is 2.83. The second kappa shape index (κ2) is 5.88. The summed E-state index contributed by atoms with van der Waals surface area (Å²) in [5.41, 5.74) is 6.25. The Bertz CT molecular complexity index is 341. The van der Waals surface area contributed by atoms with Crippen molar-refractivity contribution in [1.82, 2.24) is 0 Å². The Balaban J connectivity index is 2.55. The molecule has 82 valence electrons. The number of para-hydroxylation sites is 1. The van der Waals surface area contributed by atoms with E-state index in [0.717, 1.165) is 10.2 Å². The zero-order valence-electron chi connectivity index (χ0n) is 8.66. The fourth-order valence-corrected chi connectivity index (χ4v) is 1.55. The maximum Gasteiger partial charge on any atom is 0.224 e. The van der Waals surface area contributed by atoms with Crippen molar-refractivity contribution in [2.45, 2.75) is 13.3 Å². The monoisotopic (exact) mass is 270 g/mol. The average Bonchev–Trinajstić information content (AvgIpc) is 2.21. The molecule has 0 aliphatic heterocycles. The van der Waals surface area contributed by atoms with E-state index in [1.54, 1.807) is 0 Å². The van der Waals surface area contributed by atoms with Crippen molar-refractivity contribution in [3.05, 3.63) is 28.7 Å². The average molecular weight is 271 g/mol. The number of benzene rings is 1. The van der Waals surface area contributed by atoms with Gasteiger partial charge in [-0.25, -0.2) is 0 Å². The van der Waals surface area contributed by atoms with E-state index in [1.165, 1.54) is 0 Å². The molecule has 1 aromatic carbocycles. The minimum atomic E-state index is -0.000139. The topological polar surface area (TPSA) is 55.1 Å². The van der Waals surface area contributed by atoms with E-state index in [4.69, 9.17) is 5.73 Å². The van der Waals surface area contributed by atoms with Crippen LogP contribution in [0.3, 0.4) is 0 Å². The first-order chi connectivity index (χ1) is 7.13. The van der Waals surface area contributed by atoms with Gasteiger partial charge in [0, 0.05) is 10.9 Å². The highest BCUT2D eigenvalue weighted by atomic mass is 79.9. The van der Waals surface area contributed by atoms with Gasteiger partial charge in [0.25, 0.3) is 0 Å². The van der Waals surface area contributed by atoms with Crippen molar-refractivity contribution in [3.8, 4) is 0 Å². The van der Waals surface area contributed by atoms with Gasteiger partial charge in [0.05, 0.1) is 5.69 Å². The molecule has 1 unspecified atom stereocenters. The molecule has 0 saturated heterocycles. The standard InChI is InChI=1S/C11H15BrN2O/c1-8(7-13)6-11(15)14-10-5-3-2-4-9(10)12/h2-5,8H,6-7,13H2,1H3,(H,14,15). The molecule has 0 aliphatic rings. The molecule has 0 fully saturated rings. The maximum atomic E-state index is 11.5. The van der Waals surface area contributed by atoms with Crippen LogP contribution in [0.25, 0.3) is 0 Å². The van der Waals surface area contributed by atoms with Crippen molar-refractivity contribution >= 4 is 27.5 Å². The van der Waals surface area contributed by atoms with E-state index in [2.05, 4.69) is 21.2 Å². The molecule has 0 heterocycles. The zero-order valence-corrected chi connectivity index (χ0v) is 10.3. The van der Waals surface area contributed by atoms with E-state index in [9.17, 15) is 4.79 Å². The van der Waals surface area contributed by atoms with Crippen LogP contribution < -0.4 is 11.1 Å². The van der Waals surface area contributed by atoms with E-state index in [-0.39, 0.29) is 11.8 Å². The normalized spacial score (nSPS) is 12.2. The predicted molar refractivity (Wildman–Crippen MR) is 65.6 cm³/mol. The van der Waals surface area contributed by atoms with Crippen molar-refractivity contribution in [2.24, 2.45) is 11.7 Å². The summed E-state index contributed by atoms with van der Waals surface area (Å²) >= 11 is 3.37. The number of hydrogen-bond donors (Lipinski definition) is 2. The maximum absolute atomic E-state index is 11.5. The highest BCUT2D eigenvalue weighted by Crippen LogP contribution is 2.21. The third-order valence-electron chi connectivity index (χ3n) is 2.08. The first-order valence-corrected chi connectivity index (χ1v) is 5.67. The van der Waals surface area contributed by atoms with Gasteiger partial charge in [-0.05, 0) is 40.5 Å². The molecular weight excluding hydrogens is 256 g/mol. The van der Waals surface area contributed by atoms with Crippen LogP contribution in [-0.4, -0.2) is 12.5 Å². The fraction of sp³-hybridized carbons (Fsp3) is 0.364. The first-order valence-electron chi connectivity index (χ1n) is 4.88. The van der Waals surface area contributed by atoms with Crippen LogP contribution in [0.2, 0.25) is 0 Å². The highest BCUT2D eigenvalue weighted by Gasteiger charge is 2.08. The van der Waals surface area contributed by atoms with Crippen molar-refractivity contribution in [2.75, 3.05) is 11.9 Å². The van der Waals surface area contributed by atoms with Crippen LogP contribution in [0, 0.1) is 5.92 Å². The molecule has 0 spiro atoms. The molecular formula is C11H15BrN2O. The number of carbonyl (C=O) groups is 1.